The van der Waals surface area contributed by atoms with Crippen molar-refractivity contribution >= 4 is 40.1 Å². The first-order chi connectivity index (χ1) is 21.6. The third-order valence-electron chi connectivity index (χ3n) is 9.10. The maximum atomic E-state index is 13.6. The molecular formula is C36H28ClN5O3. The number of aryl methyl sites for hydroxylation is 2. The average Bonchev–Trinajstić information content (AvgIpc) is 3.51. The molecule has 1 N–H and O–H groups in total. The van der Waals surface area contributed by atoms with E-state index in [1.807, 2.05) is 74.5 Å². The molecule has 0 atom stereocenters. The maximum Gasteiger partial charge on any atom is 0.262 e. The van der Waals surface area contributed by atoms with E-state index in [1.165, 1.54) is 4.90 Å². The van der Waals surface area contributed by atoms with Gasteiger partial charge in [0, 0.05) is 30.0 Å². The normalized spacial score (nSPS) is 21.0. The number of hydrogen-bond donors (Lipinski definition) is 1. The first kappa shape index (κ1) is 27.6. The van der Waals surface area contributed by atoms with Crippen LogP contribution in [0.4, 0.5) is 0 Å². The lowest BCUT2D eigenvalue weighted by Crippen LogP contribution is -2.63. The van der Waals surface area contributed by atoms with E-state index >= 15 is 0 Å². The fraction of sp³-hybridized carbons (Fsp3) is 0.194. The molecule has 0 saturated heterocycles. The van der Waals surface area contributed by atoms with Gasteiger partial charge in [-0.2, -0.15) is 9.61 Å². The topological polar surface area (TPSA) is 101 Å². The summed E-state index contributed by atoms with van der Waals surface area (Å²) in [5.41, 5.74) is 5.57. The lowest BCUT2D eigenvalue weighted by molar-refractivity contribution is -0.118. The van der Waals surface area contributed by atoms with Gasteiger partial charge in [0.2, 0.25) is 0 Å². The van der Waals surface area contributed by atoms with Crippen LogP contribution in [0, 0.1) is 13.8 Å². The Morgan fingerprint density at radius 1 is 0.822 bits per heavy atom. The zero-order valence-electron chi connectivity index (χ0n) is 24.9. The number of halogens is 1. The van der Waals surface area contributed by atoms with E-state index in [0.29, 0.717) is 33.1 Å². The smallest absolute Gasteiger partial charge is 0.262 e. The van der Waals surface area contributed by atoms with E-state index in [9.17, 15) is 14.7 Å². The van der Waals surface area contributed by atoms with E-state index in [-0.39, 0.29) is 24.7 Å². The van der Waals surface area contributed by atoms with Crippen molar-refractivity contribution in [3.8, 4) is 22.4 Å². The van der Waals surface area contributed by atoms with Crippen LogP contribution in [0.2, 0.25) is 5.02 Å². The second-order valence-electron chi connectivity index (χ2n) is 12.4. The van der Waals surface area contributed by atoms with Gasteiger partial charge in [0.1, 0.15) is 0 Å². The Labute approximate surface area is 263 Å². The van der Waals surface area contributed by atoms with Crippen molar-refractivity contribution in [3.05, 3.63) is 118 Å². The summed E-state index contributed by atoms with van der Waals surface area (Å²) in [7, 11) is 0. The number of pyridine rings is 1. The van der Waals surface area contributed by atoms with Crippen molar-refractivity contribution in [2.45, 2.75) is 44.8 Å². The predicted molar refractivity (Wildman–Crippen MR) is 172 cm³/mol. The minimum atomic E-state index is -1.01. The lowest BCUT2D eigenvalue weighted by Gasteiger charge is -2.55. The van der Waals surface area contributed by atoms with Crippen molar-refractivity contribution in [3.63, 3.8) is 0 Å². The van der Waals surface area contributed by atoms with Crippen LogP contribution in [0.25, 0.3) is 39.1 Å². The number of nitrogens with zero attached hydrogens (tertiary/aromatic N) is 5. The Bertz CT molecular complexity index is 2180. The van der Waals surface area contributed by atoms with E-state index in [2.05, 4.69) is 5.10 Å². The van der Waals surface area contributed by atoms with Crippen LogP contribution >= 0.6 is 11.6 Å². The largest absolute Gasteiger partial charge is 0.390 e. The van der Waals surface area contributed by atoms with Crippen LogP contribution in [-0.2, 0) is 5.54 Å². The maximum absolute atomic E-state index is 13.6. The van der Waals surface area contributed by atoms with Gasteiger partial charge in [-0.25, -0.2) is 9.97 Å². The minimum absolute atomic E-state index is 0.239. The summed E-state index contributed by atoms with van der Waals surface area (Å²) in [5, 5.41) is 16.8. The molecule has 3 aromatic heterocycles. The molecule has 0 spiro atoms. The van der Waals surface area contributed by atoms with Gasteiger partial charge in [0.15, 0.2) is 11.3 Å². The first-order valence-electron chi connectivity index (χ1n) is 14.8. The molecule has 1 saturated carbocycles. The number of carbonyl (C=O) groups excluding carboxylic acids is 2. The number of imide groups is 1. The standard InChI is InChI=1S/C36H28ClN5O3/c1-20-17-27-38-21(2)28-30(37)29(22-9-5-4-6-10-22)31(39-32(28)42(27)40-20)23-13-15-24(16-14-23)36(18-35(3,45)19-36)41-33(43)25-11-7-8-12-26(25)34(41)44/h4-17,45H,18-19H2,1-3H3/t35-,36-. The Balaban J connectivity index is 1.31. The second kappa shape index (κ2) is 9.54. The van der Waals surface area contributed by atoms with Gasteiger partial charge >= 0.3 is 0 Å². The molecule has 8 nitrogen and oxygen atoms in total. The number of aromatic nitrogens is 4. The average molecular weight is 614 g/mol. The highest BCUT2D eigenvalue weighted by molar-refractivity contribution is 6.39. The fourth-order valence-electron chi connectivity index (χ4n) is 7.26. The number of fused-ring (bicyclic) bond motifs is 4. The Hall–Kier alpha value is -4.92. The van der Waals surface area contributed by atoms with Crippen molar-refractivity contribution in [2.24, 2.45) is 0 Å². The summed E-state index contributed by atoms with van der Waals surface area (Å²) in [6, 6.07) is 26.4. The van der Waals surface area contributed by atoms with Gasteiger partial charge in [-0.15, -0.1) is 0 Å². The van der Waals surface area contributed by atoms with Crippen LogP contribution in [0.5, 0.6) is 0 Å². The highest BCUT2D eigenvalue weighted by Crippen LogP contribution is 2.55. The van der Waals surface area contributed by atoms with Crippen LogP contribution in [-0.4, -0.2) is 47.0 Å². The molecule has 3 aromatic carbocycles. The molecule has 1 aliphatic carbocycles. The highest BCUT2D eigenvalue weighted by Gasteiger charge is 2.60. The van der Waals surface area contributed by atoms with Crippen molar-refractivity contribution in [1.29, 1.82) is 0 Å². The quantitative estimate of drug-likeness (QED) is 0.217. The SMILES string of the molecule is Cc1cc2nc(C)c3c(Cl)c(-c4ccccc4)c(-c4ccc([C@]5(N6C(=O)c7ccccc7C6=O)C[C@](C)(O)C5)cc4)nc3n2n1. The van der Waals surface area contributed by atoms with Crippen molar-refractivity contribution in [2.75, 3.05) is 0 Å². The molecule has 0 unspecified atom stereocenters. The molecule has 0 bridgehead atoms. The van der Waals surface area contributed by atoms with E-state index in [1.54, 1.807) is 35.7 Å². The van der Waals surface area contributed by atoms with Crippen molar-refractivity contribution in [1.82, 2.24) is 24.5 Å². The minimum Gasteiger partial charge on any atom is -0.390 e. The fourth-order valence-corrected chi connectivity index (χ4v) is 7.68. The molecular weight excluding hydrogens is 586 g/mol. The Morgan fingerprint density at radius 3 is 2.07 bits per heavy atom. The van der Waals surface area contributed by atoms with Crippen LogP contribution in [0.1, 0.15) is 57.4 Å². The molecule has 2 amide bonds. The molecule has 45 heavy (non-hydrogen) atoms. The summed E-state index contributed by atoms with van der Waals surface area (Å²) < 4.78 is 1.73. The molecule has 8 rings (SSSR count). The molecule has 1 aliphatic heterocycles. The molecule has 0 radical (unpaired) electrons. The van der Waals surface area contributed by atoms with Crippen LogP contribution < -0.4 is 0 Å². The summed E-state index contributed by atoms with van der Waals surface area (Å²) in [6.45, 7) is 5.57. The monoisotopic (exact) mass is 613 g/mol. The van der Waals surface area contributed by atoms with E-state index in [4.69, 9.17) is 21.6 Å². The number of rotatable bonds is 4. The van der Waals surface area contributed by atoms with Gasteiger partial charge in [-0.05, 0) is 44.0 Å². The highest BCUT2D eigenvalue weighted by atomic mass is 35.5. The number of hydrogen-bond acceptors (Lipinski definition) is 6. The summed E-state index contributed by atoms with van der Waals surface area (Å²) in [6.07, 6.45) is 0.478. The molecule has 9 heteroatoms. The number of carbonyl (C=O) groups is 2. The number of aliphatic hydroxyl groups is 1. The Morgan fingerprint density at radius 2 is 1.44 bits per heavy atom. The molecule has 222 valence electrons. The van der Waals surface area contributed by atoms with Gasteiger partial charge in [0.25, 0.3) is 11.8 Å². The van der Waals surface area contributed by atoms with Gasteiger partial charge in [-0.3, -0.25) is 14.5 Å². The lowest BCUT2D eigenvalue weighted by atomic mass is 9.61. The third-order valence-corrected chi connectivity index (χ3v) is 9.48. The van der Waals surface area contributed by atoms with Gasteiger partial charge < -0.3 is 5.11 Å². The second-order valence-corrected chi connectivity index (χ2v) is 12.8. The van der Waals surface area contributed by atoms with E-state index in [0.717, 1.165) is 39.0 Å². The van der Waals surface area contributed by atoms with Crippen LogP contribution in [0.3, 0.4) is 0 Å². The van der Waals surface area contributed by atoms with Crippen molar-refractivity contribution < 1.29 is 14.7 Å². The molecule has 2 aliphatic rings. The summed E-state index contributed by atoms with van der Waals surface area (Å²) >= 11 is 7.24. The summed E-state index contributed by atoms with van der Waals surface area (Å²) in [5.74, 6) is -0.681. The zero-order valence-corrected chi connectivity index (χ0v) is 25.6. The predicted octanol–water partition coefficient (Wildman–Crippen LogP) is 6.92. The van der Waals surface area contributed by atoms with E-state index < -0.39 is 11.1 Å². The molecule has 4 heterocycles. The molecule has 1 fully saturated rings. The number of benzene rings is 3. The third kappa shape index (κ3) is 3.99. The Kier molecular flexibility index (Phi) is 5.85. The van der Waals surface area contributed by atoms with Crippen LogP contribution in [0.15, 0.2) is 84.9 Å². The molecule has 6 aromatic rings. The van der Waals surface area contributed by atoms with Gasteiger partial charge in [-0.1, -0.05) is 78.3 Å². The van der Waals surface area contributed by atoms with Gasteiger partial charge in [0.05, 0.1) is 49.8 Å². The first-order valence-corrected chi connectivity index (χ1v) is 15.2. The summed E-state index contributed by atoms with van der Waals surface area (Å²) in [4.78, 5) is 38.5. The number of amides is 2. The zero-order chi connectivity index (χ0) is 31.2.